The molecule has 12 nitrogen and oxygen atoms in total. The zero-order chi connectivity index (χ0) is 48.2. The van der Waals surface area contributed by atoms with Crippen LogP contribution in [0, 0.1) is 0 Å². The number of ether oxygens (including phenoxy) is 4. The van der Waals surface area contributed by atoms with Crippen molar-refractivity contribution in [3.63, 3.8) is 0 Å². The van der Waals surface area contributed by atoms with Crippen LogP contribution in [0.4, 0.5) is 0 Å². The molecule has 1 aliphatic rings. The van der Waals surface area contributed by atoms with E-state index in [0.29, 0.717) is 13.0 Å². The van der Waals surface area contributed by atoms with Gasteiger partial charge in [0.1, 0.15) is 30.5 Å². The number of hydrogen-bond acceptors (Lipinski definition) is 11. The largest absolute Gasteiger partial charge is 0.457 e. The van der Waals surface area contributed by atoms with Crippen molar-refractivity contribution in [3.05, 3.63) is 60.8 Å². The van der Waals surface area contributed by atoms with E-state index in [2.05, 4.69) is 78.8 Å². The lowest BCUT2D eigenvalue weighted by atomic mass is 9.99. The average Bonchev–Trinajstić information content (AvgIpc) is 3.29. The maximum Gasteiger partial charge on any atom is 0.397 e. The first-order chi connectivity index (χ1) is 32.1. The van der Waals surface area contributed by atoms with E-state index in [1.807, 2.05) is 0 Å². The van der Waals surface area contributed by atoms with Crippen molar-refractivity contribution >= 4 is 16.4 Å². The summed E-state index contributed by atoms with van der Waals surface area (Å²) in [6.45, 7) is 3.87. The van der Waals surface area contributed by atoms with Crippen molar-refractivity contribution in [2.24, 2.45) is 0 Å². The normalized spacial score (nSPS) is 20.0. The molecule has 0 aromatic rings. The van der Waals surface area contributed by atoms with E-state index < -0.39 is 59.8 Å². The van der Waals surface area contributed by atoms with Crippen molar-refractivity contribution in [2.75, 3.05) is 26.4 Å². The maximum atomic E-state index is 12.9. The van der Waals surface area contributed by atoms with Gasteiger partial charge in [0.2, 0.25) is 0 Å². The summed E-state index contributed by atoms with van der Waals surface area (Å²) in [5, 5.41) is 30.8. The van der Waals surface area contributed by atoms with E-state index in [4.69, 9.17) is 18.9 Å². The first-order valence-corrected chi connectivity index (χ1v) is 27.4. The van der Waals surface area contributed by atoms with Crippen LogP contribution >= 0.6 is 0 Å². The predicted molar refractivity (Wildman–Crippen MR) is 266 cm³/mol. The Balaban J connectivity index is 2.36. The third kappa shape index (κ3) is 36.8. The van der Waals surface area contributed by atoms with Crippen LogP contribution in [0.2, 0.25) is 0 Å². The second-order valence-electron chi connectivity index (χ2n) is 17.7. The minimum Gasteiger partial charge on any atom is -0.457 e. The number of rotatable bonds is 45. The molecule has 0 spiro atoms. The summed E-state index contributed by atoms with van der Waals surface area (Å²) in [6.07, 6.45) is 46.7. The summed E-state index contributed by atoms with van der Waals surface area (Å²) in [5.74, 6) is -0.406. The molecule has 384 valence electrons. The van der Waals surface area contributed by atoms with Crippen LogP contribution in [0.5, 0.6) is 0 Å². The first-order valence-electron chi connectivity index (χ1n) is 26.0. The van der Waals surface area contributed by atoms with Gasteiger partial charge in [-0.2, -0.15) is 8.42 Å². The Morgan fingerprint density at radius 3 is 1.55 bits per heavy atom. The molecule has 0 aromatic heterocycles. The Hall–Kier alpha value is -2.20. The number of carbonyl (C=O) groups excluding carboxylic acids is 1. The van der Waals surface area contributed by atoms with E-state index in [1.165, 1.54) is 103 Å². The molecule has 0 bridgehead atoms. The lowest BCUT2D eigenvalue weighted by Gasteiger charge is -2.41. The molecule has 1 aliphatic heterocycles. The van der Waals surface area contributed by atoms with Gasteiger partial charge in [-0.3, -0.25) is 9.35 Å². The number of aliphatic hydroxyl groups is 3. The van der Waals surface area contributed by atoms with Gasteiger partial charge in [0.15, 0.2) is 6.29 Å². The number of esters is 1. The molecule has 1 fully saturated rings. The molecule has 66 heavy (non-hydrogen) atoms. The van der Waals surface area contributed by atoms with E-state index in [1.54, 1.807) is 0 Å². The quantitative estimate of drug-likeness (QED) is 0.0197. The molecule has 0 aromatic carbocycles. The molecule has 0 saturated carbocycles. The summed E-state index contributed by atoms with van der Waals surface area (Å²) in [6, 6.07) is 0. The zero-order valence-corrected chi connectivity index (χ0v) is 42.1. The van der Waals surface area contributed by atoms with Gasteiger partial charge in [0.25, 0.3) is 0 Å². The number of carbonyl (C=O) groups is 1. The second-order valence-corrected chi connectivity index (χ2v) is 18.8. The maximum absolute atomic E-state index is 12.9. The van der Waals surface area contributed by atoms with Gasteiger partial charge >= 0.3 is 16.4 Å². The summed E-state index contributed by atoms with van der Waals surface area (Å²) in [4.78, 5) is 12.9. The smallest absolute Gasteiger partial charge is 0.397 e. The van der Waals surface area contributed by atoms with Crippen LogP contribution in [0.25, 0.3) is 0 Å². The van der Waals surface area contributed by atoms with Gasteiger partial charge in [-0.25, -0.2) is 4.18 Å². The Labute approximate surface area is 401 Å². The van der Waals surface area contributed by atoms with E-state index >= 15 is 0 Å². The van der Waals surface area contributed by atoms with Crippen LogP contribution < -0.4 is 0 Å². The molecule has 13 heteroatoms. The molecule has 6 unspecified atom stereocenters. The fraction of sp³-hybridized carbons (Fsp3) is 0.792. The Morgan fingerprint density at radius 1 is 0.591 bits per heavy atom. The summed E-state index contributed by atoms with van der Waals surface area (Å²) in [7, 11) is -5.07. The second kappa shape index (κ2) is 44.0. The van der Waals surface area contributed by atoms with Crippen molar-refractivity contribution in [1.29, 1.82) is 0 Å². The number of unbranched alkanes of at least 4 members (excludes halogenated alkanes) is 22. The van der Waals surface area contributed by atoms with Crippen LogP contribution in [0.1, 0.15) is 206 Å². The highest BCUT2D eigenvalue weighted by molar-refractivity contribution is 7.80. The molecule has 1 saturated heterocycles. The molecule has 4 N–H and O–H groups in total. The van der Waals surface area contributed by atoms with Gasteiger partial charge in [0.05, 0.1) is 19.8 Å². The van der Waals surface area contributed by atoms with E-state index in [-0.39, 0.29) is 19.6 Å². The van der Waals surface area contributed by atoms with E-state index in [9.17, 15) is 33.1 Å². The van der Waals surface area contributed by atoms with Gasteiger partial charge in [-0.15, -0.1) is 0 Å². The minimum absolute atomic E-state index is 0.0285. The van der Waals surface area contributed by atoms with Crippen LogP contribution in [0.15, 0.2) is 60.8 Å². The highest BCUT2D eigenvalue weighted by Gasteiger charge is 2.48. The molecule has 1 rings (SSSR count). The molecule has 1 heterocycles. The highest BCUT2D eigenvalue weighted by Crippen LogP contribution is 2.26. The highest BCUT2D eigenvalue weighted by atomic mass is 32.3. The number of hydrogen-bond donors (Lipinski definition) is 4. The van der Waals surface area contributed by atoms with Crippen LogP contribution in [-0.4, -0.2) is 97.5 Å². The molecule has 0 radical (unpaired) electrons. The van der Waals surface area contributed by atoms with Crippen molar-refractivity contribution in [3.8, 4) is 0 Å². The van der Waals surface area contributed by atoms with E-state index in [0.717, 1.165) is 77.0 Å². The Kier molecular flexibility index (Phi) is 41.2. The van der Waals surface area contributed by atoms with Crippen LogP contribution in [-0.2, 0) is 38.3 Å². The Morgan fingerprint density at radius 2 is 1.05 bits per heavy atom. The first kappa shape index (κ1) is 61.8. The summed E-state index contributed by atoms with van der Waals surface area (Å²) in [5.41, 5.74) is 0. The fourth-order valence-corrected chi connectivity index (χ4v) is 8.23. The SMILES string of the molecule is CC/C=C\C/C=C\C/C=C\C/C=C\CCCCCCCCCCCOCC(COC1OC(CO)C(O)C(OS(=O)(=O)O)C1O)OC(=O)CCCCCCCCC/C=C\CCCCCCCC. The third-order valence-corrected chi connectivity index (χ3v) is 12.1. The number of aliphatic hydroxyl groups excluding tert-OH is 3. The summed E-state index contributed by atoms with van der Waals surface area (Å²) >= 11 is 0. The van der Waals surface area contributed by atoms with Crippen LogP contribution in [0.3, 0.4) is 0 Å². The summed E-state index contributed by atoms with van der Waals surface area (Å²) < 4.78 is 59.3. The third-order valence-electron chi connectivity index (χ3n) is 11.6. The van der Waals surface area contributed by atoms with Gasteiger partial charge in [-0.1, -0.05) is 184 Å². The van der Waals surface area contributed by atoms with Gasteiger partial charge in [-0.05, 0) is 77.0 Å². The standard InChI is InChI=1S/C53H94O12S/c1-3-5-7-9-11-13-15-17-19-21-22-23-24-25-27-29-31-33-35-37-39-41-43-61-45-47(46-62-53-51(57)52(65-66(58,59)60)50(56)48(44-54)64-53)63-49(55)42-40-38-36-34-32-30-28-26-20-18-16-14-12-10-8-6-4-2/h5,7,11,13,17-20,22-23,47-48,50-54,56-57H,3-4,6,8-10,12,14-16,21,24-46H2,1-2H3,(H,58,59,60)/b7-5-,13-11-,19-17-,20-18-,23-22-. The Bertz CT molecular complexity index is 1380. The fourth-order valence-electron chi connectivity index (χ4n) is 7.72. The molecule has 0 amide bonds. The average molecular weight is 955 g/mol. The van der Waals surface area contributed by atoms with Crippen molar-refractivity contribution in [2.45, 2.75) is 243 Å². The minimum atomic E-state index is -5.07. The molecular formula is C53H94O12S. The van der Waals surface area contributed by atoms with Gasteiger partial charge < -0.3 is 34.3 Å². The lowest BCUT2D eigenvalue weighted by Crippen LogP contribution is -2.60. The molecular weight excluding hydrogens is 861 g/mol. The topological polar surface area (TPSA) is 178 Å². The van der Waals surface area contributed by atoms with Crippen molar-refractivity contribution in [1.82, 2.24) is 0 Å². The molecule has 0 aliphatic carbocycles. The zero-order valence-electron chi connectivity index (χ0n) is 41.2. The van der Waals surface area contributed by atoms with Gasteiger partial charge in [0, 0.05) is 13.0 Å². The molecule has 6 atom stereocenters. The predicted octanol–water partition coefficient (Wildman–Crippen LogP) is 12.1. The number of allylic oxidation sites excluding steroid dienone is 10. The monoisotopic (exact) mass is 955 g/mol. The lowest BCUT2D eigenvalue weighted by molar-refractivity contribution is -0.301. The van der Waals surface area contributed by atoms with Crippen molar-refractivity contribution < 1.29 is 56.2 Å².